The third kappa shape index (κ3) is 2.81. The molecule has 0 aliphatic heterocycles. The van der Waals surface area contributed by atoms with Gasteiger partial charge in [0.25, 0.3) is 0 Å². The minimum absolute atomic E-state index is 0.0831. The molecule has 0 spiro atoms. The fourth-order valence-electron chi connectivity index (χ4n) is 6.69. The highest BCUT2D eigenvalue weighted by molar-refractivity contribution is 5.66. The van der Waals surface area contributed by atoms with Gasteiger partial charge in [0.05, 0.1) is 6.10 Å². The molecular weight excluding hydrogens is 300 g/mol. The molecule has 0 amide bonds. The highest BCUT2D eigenvalue weighted by Gasteiger charge is 2.60. The first kappa shape index (κ1) is 18.2. The van der Waals surface area contributed by atoms with Crippen molar-refractivity contribution in [3.05, 3.63) is 0 Å². The van der Waals surface area contributed by atoms with E-state index in [1.165, 1.54) is 25.7 Å². The summed E-state index contributed by atoms with van der Waals surface area (Å²) in [6.45, 7) is 8.50. The zero-order valence-electron chi connectivity index (χ0n) is 16.0. The van der Waals surface area contributed by atoms with E-state index >= 15 is 0 Å². The fourth-order valence-corrected chi connectivity index (χ4v) is 6.69. The van der Waals surface area contributed by atoms with Crippen LogP contribution in [0.15, 0.2) is 0 Å². The number of esters is 1. The average molecular weight is 337 g/mol. The first-order chi connectivity index (χ1) is 11.3. The van der Waals surface area contributed by atoms with E-state index in [0.29, 0.717) is 17.8 Å². The quantitative estimate of drug-likeness (QED) is 0.756. The van der Waals surface area contributed by atoms with Gasteiger partial charge in [-0.1, -0.05) is 33.6 Å². The summed E-state index contributed by atoms with van der Waals surface area (Å²) < 4.78 is 5.71. The van der Waals surface area contributed by atoms with E-state index in [1.54, 1.807) is 6.92 Å². The van der Waals surface area contributed by atoms with Crippen molar-refractivity contribution in [3.63, 3.8) is 0 Å². The van der Waals surface area contributed by atoms with Crippen molar-refractivity contribution in [1.29, 1.82) is 0 Å². The van der Waals surface area contributed by atoms with Crippen LogP contribution in [-0.4, -0.2) is 23.3 Å². The topological polar surface area (TPSA) is 46.5 Å². The maximum absolute atomic E-state index is 11.5. The lowest BCUT2D eigenvalue weighted by Gasteiger charge is -2.57. The number of ether oxygens (including phenoxy) is 1. The molecule has 3 aliphatic carbocycles. The zero-order chi connectivity index (χ0) is 17.5. The highest BCUT2D eigenvalue weighted by Crippen LogP contribution is 2.64. The van der Waals surface area contributed by atoms with Crippen LogP contribution < -0.4 is 0 Å². The van der Waals surface area contributed by atoms with E-state index in [0.717, 1.165) is 32.1 Å². The molecule has 7 atom stereocenters. The molecule has 0 aromatic rings. The first-order valence-electron chi connectivity index (χ1n) is 10.2. The monoisotopic (exact) mass is 336 g/mol. The number of carbonyl (C=O) groups excluding carboxylic acids is 1. The Kier molecular flexibility index (Phi) is 5.03. The summed E-state index contributed by atoms with van der Waals surface area (Å²) >= 11 is 0. The van der Waals surface area contributed by atoms with E-state index in [2.05, 4.69) is 20.8 Å². The maximum atomic E-state index is 11.5. The van der Waals surface area contributed by atoms with Gasteiger partial charge in [0.1, 0.15) is 6.10 Å². The molecule has 0 heterocycles. The Bertz CT molecular complexity index is 476. The Labute approximate surface area is 147 Å². The Hall–Kier alpha value is -0.570. The molecule has 1 N–H and O–H groups in total. The van der Waals surface area contributed by atoms with Crippen LogP contribution in [0.4, 0.5) is 0 Å². The molecule has 0 unspecified atom stereocenters. The summed E-state index contributed by atoms with van der Waals surface area (Å²) in [6, 6.07) is 0. The molecule has 3 heteroatoms. The van der Waals surface area contributed by atoms with Gasteiger partial charge in [-0.25, -0.2) is 0 Å². The van der Waals surface area contributed by atoms with Crippen molar-refractivity contribution < 1.29 is 14.6 Å². The minimum atomic E-state index is -0.139. The predicted molar refractivity (Wildman–Crippen MR) is 95.5 cm³/mol. The first-order valence-corrected chi connectivity index (χ1v) is 10.2. The largest absolute Gasteiger partial charge is 0.462 e. The molecule has 0 saturated heterocycles. The van der Waals surface area contributed by atoms with Gasteiger partial charge in [-0.2, -0.15) is 0 Å². The molecule has 3 fully saturated rings. The maximum Gasteiger partial charge on any atom is 0.302 e. The minimum Gasteiger partial charge on any atom is -0.462 e. The molecular formula is C21H36O3. The molecule has 3 saturated carbocycles. The average Bonchev–Trinajstić information content (AvgIpc) is 2.85. The lowest BCUT2D eigenvalue weighted by molar-refractivity contribution is -0.163. The Balaban J connectivity index is 1.82. The van der Waals surface area contributed by atoms with Gasteiger partial charge in [0.2, 0.25) is 0 Å². The van der Waals surface area contributed by atoms with Crippen LogP contribution in [0.5, 0.6) is 0 Å². The van der Waals surface area contributed by atoms with Gasteiger partial charge in [-0.15, -0.1) is 0 Å². The lowest BCUT2D eigenvalue weighted by atomic mass is 9.48. The van der Waals surface area contributed by atoms with Crippen molar-refractivity contribution in [2.75, 3.05) is 0 Å². The molecule has 0 aromatic heterocycles. The van der Waals surface area contributed by atoms with Gasteiger partial charge in [-0.3, -0.25) is 4.79 Å². The van der Waals surface area contributed by atoms with Gasteiger partial charge < -0.3 is 9.84 Å². The molecule has 3 rings (SSSR count). The highest BCUT2D eigenvalue weighted by atomic mass is 16.5. The number of aliphatic hydroxyl groups excluding tert-OH is 1. The van der Waals surface area contributed by atoms with Crippen LogP contribution in [0.1, 0.15) is 85.5 Å². The van der Waals surface area contributed by atoms with Crippen LogP contribution in [0.25, 0.3) is 0 Å². The number of carbonyl (C=O) groups is 1. The van der Waals surface area contributed by atoms with Gasteiger partial charge in [-0.05, 0) is 68.1 Å². The second-order valence-corrected chi connectivity index (χ2v) is 9.30. The van der Waals surface area contributed by atoms with Gasteiger partial charge in [0, 0.05) is 12.3 Å². The molecule has 3 nitrogen and oxygen atoms in total. The van der Waals surface area contributed by atoms with Crippen molar-refractivity contribution >= 4 is 5.97 Å². The molecule has 138 valence electrons. The van der Waals surface area contributed by atoms with Crippen LogP contribution in [0.2, 0.25) is 0 Å². The number of hydrogen-bond donors (Lipinski definition) is 1. The van der Waals surface area contributed by atoms with Crippen LogP contribution in [-0.2, 0) is 9.53 Å². The van der Waals surface area contributed by atoms with E-state index in [4.69, 9.17) is 4.74 Å². The predicted octanol–water partition coefficient (Wildman–Crippen LogP) is 4.71. The second-order valence-electron chi connectivity index (χ2n) is 9.30. The smallest absolute Gasteiger partial charge is 0.302 e. The summed E-state index contributed by atoms with van der Waals surface area (Å²) in [4.78, 5) is 11.5. The number of fused-ring (bicyclic) bond motifs is 3. The number of hydrogen-bond acceptors (Lipinski definition) is 3. The number of aliphatic hydroxyl groups is 1. The fraction of sp³-hybridized carbons (Fsp3) is 0.952. The standard InChI is InChI=1S/C21H36O3/c1-5-6-12-20(3)17-11-13-21(4)16(15(17)7-9-18(20)23)8-10-19(21)24-14(2)22/h15-19,23H,5-13H2,1-4H3/t15-,16-,17-,18+,19-,20+,21-/m0/s1. The summed E-state index contributed by atoms with van der Waals surface area (Å²) in [5.74, 6) is 1.88. The van der Waals surface area contributed by atoms with Crippen LogP contribution in [0.3, 0.4) is 0 Å². The number of rotatable bonds is 4. The molecule has 3 aliphatic rings. The normalized spacial score (nSPS) is 47.8. The van der Waals surface area contributed by atoms with Crippen molar-refractivity contribution in [2.24, 2.45) is 28.6 Å². The molecule has 24 heavy (non-hydrogen) atoms. The van der Waals surface area contributed by atoms with Crippen LogP contribution >= 0.6 is 0 Å². The Morgan fingerprint density at radius 3 is 2.54 bits per heavy atom. The molecule has 0 radical (unpaired) electrons. The van der Waals surface area contributed by atoms with Crippen molar-refractivity contribution in [3.8, 4) is 0 Å². The van der Waals surface area contributed by atoms with Crippen molar-refractivity contribution in [2.45, 2.75) is 97.7 Å². The Morgan fingerprint density at radius 1 is 1.12 bits per heavy atom. The van der Waals surface area contributed by atoms with E-state index < -0.39 is 0 Å². The van der Waals surface area contributed by atoms with E-state index in [1.807, 2.05) is 0 Å². The van der Waals surface area contributed by atoms with Gasteiger partial charge in [0.15, 0.2) is 0 Å². The zero-order valence-corrected chi connectivity index (χ0v) is 16.0. The lowest BCUT2D eigenvalue weighted by Crippen LogP contribution is -2.54. The third-order valence-corrected chi connectivity index (χ3v) is 8.11. The molecule has 0 aromatic carbocycles. The number of unbranched alkanes of at least 4 members (excludes halogenated alkanes) is 1. The summed E-state index contributed by atoms with van der Waals surface area (Å²) in [6.07, 6.45) is 10.2. The second kappa shape index (κ2) is 6.63. The summed E-state index contributed by atoms with van der Waals surface area (Å²) in [5.41, 5.74) is 0.237. The Morgan fingerprint density at radius 2 is 1.88 bits per heavy atom. The van der Waals surface area contributed by atoms with Crippen molar-refractivity contribution in [1.82, 2.24) is 0 Å². The summed E-state index contributed by atoms with van der Waals surface area (Å²) in [7, 11) is 0. The molecule has 0 bridgehead atoms. The van der Waals surface area contributed by atoms with Crippen LogP contribution in [0, 0.1) is 28.6 Å². The third-order valence-electron chi connectivity index (χ3n) is 8.11. The van der Waals surface area contributed by atoms with Gasteiger partial charge >= 0.3 is 5.97 Å². The SMILES string of the molecule is CCCC[C@@]1(C)[C@H](O)CC[C@@H]2[C@@H]1CC[C@]1(C)[C@@H](OC(C)=O)CC[C@@H]21. The van der Waals surface area contributed by atoms with E-state index in [9.17, 15) is 9.90 Å². The summed E-state index contributed by atoms with van der Waals surface area (Å²) in [5, 5.41) is 10.8. The van der Waals surface area contributed by atoms with E-state index in [-0.39, 0.29) is 29.0 Å².